The highest BCUT2D eigenvalue weighted by molar-refractivity contribution is 5.95. The van der Waals surface area contributed by atoms with Gasteiger partial charge < -0.3 is 9.64 Å². The molecule has 0 aromatic heterocycles. The van der Waals surface area contributed by atoms with Crippen molar-refractivity contribution in [2.45, 2.75) is 20.3 Å². The Balaban J connectivity index is 1.97. The molecule has 1 saturated heterocycles. The number of ether oxygens (including phenoxy) is 1. The number of likely N-dealkylation sites (tertiary alicyclic amines) is 1. The van der Waals surface area contributed by atoms with Crippen LogP contribution in [0.25, 0.3) is 0 Å². The van der Waals surface area contributed by atoms with Crippen molar-refractivity contribution >= 4 is 17.6 Å². The van der Waals surface area contributed by atoms with Gasteiger partial charge in [0.05, 0.1) is 4.92 Å². The Morgan fingerprint density at radius 1 is 1.26 bits per heavy atom. The second kappa shape index (κ2) is 7.21. The molecule has 0 unspecified atom stereocenters. The molecule has 0 aliphatic carbocycles. The maximum atomic E-state index is 12.2. The maximum absolute atomic E-state index is 12.2. The Hall–Kier alpha value is -2.44. The van der Waals surface area contributed by atoms with Crippen molar-refractivity contribution in [2.24, 2.45) is 11.8 Å². The van der Waals surface area contributed by atoms with E-state index in [9.17, 15) is 19.7 Å². The fourth-order valence-corrected chi connectivity index (χ4v) is 2.97. The van der Waals surface area contributed by atoms with Crippen molar-refractivity contribution in [3.63, 3.8) is 0 Å². The van der Waals surface area contributed by atoms with Crippen LogP contribution < -0.4 is 0 Å². The van der Waals surface area contributed by atoms with Crippen molar-refractivity contribution in [2.75, 3.05) is 19.7 Å². The Labute approximate surface area is 134 Å². The summed E-state index contributed by atoms with van der Waals surface area (Å²) < 4.78 is 4.97. The molecule has 1 amide bonds. The van der Waals surface area contributed by atoms with E-state index in [1.54, 1.807) is 4.90 Å². The molecule has 1 aromatic rings. The SMILES string of the molecule is C[C@@H]1C[C@H](C)CN(C(=O)COC(=O)c2ccccc2[N+](=O)[O-])C1. The molecular formula is C16H20N2O5. The lowest BCUT2D eigenvalue weighted by atomic mass is 9.92. The van der Waals surface area contributed by atoms with Crippen LogP contribution in [0.1, 0.15) is 30.6 Å². The summed E-state index contributed by atoms with van der Waals surface area (Å²) in [6, 6.07) is 5.53. The van der Waals surface area contributed by atoms with Gasteiger partial charge >= 0.3 is 5.97 Å². The zero-order chi connectivity index (χ0) is 17.0. The summed E-state index contributed by atoms with van der Waals surface area (Å²) in [5.41, 5.74) is -0.476. The van der Waals surface area contributed by atoms with Gasteiger partial charge in [0.25, 0.3) is 11.6 Å². The molecule has 7 nitrogen and oxygen atoms in total. The largest absolute Gasteiger partial charge is 0.452 e. The van der Waals surface area contributed by atoms with E-state index in [-0.39, 0.29) is 17.2 Å². The van der Waals surface area contributed by atoms with Crippen LogP contribution in [0.3, 0.4) is 0 Å². The smallest absolute Gasteiger partial charge is 0.345 e. The lowest BCUT2D eigenvalue weighted by Gasteiger charge is -2.34. The standard InChI is InChI=1S/C16H20N2O5/c1-11-7-12(2)9-17(8-11)15(19)10-23-16(20)13-5-3-4-6-14(13)18(21)22/h3-6,11-12H,7-10H2,1-2H3/t11-,12+. The molecule has 1 fully saturated rings. The van der Waals surface area contributed by atoms with E-state index in [0.29, 0.717) is 24.9 Å². The third-order valence-electron chi connectivity index (χ3n) is 3.87. The molecule has 1 aromatic carbocycles. The van der Waals surface area contributed by atoms with Crippen molar-refractivity contribution in [3.8, 4) is 0 Å². The van der Waals surface area contributed by atoms with E-state index in [0.717, 1.165) is 6.42 Å². The van der Waals surface area contributed by atoms with Crippen LogP contribution in [0.15, 0.2) is 24.3 Å². The van der Waals surface area contributed by atoms with Gasteiger partial charge in [0, 0.05) is 19.2 Å². The second-order valence-electron chi connectivity index (χ2n) is 6.10. The minimum atomic E-state index is -0.858. The zero-order valence-electron chi connectivity index (χ0n) is 13.2. The lowest BCUT2D eigenvalue weighted by molar-refractivity contribution is -0.385. The molecule has 0 bridgehead atoms. The molecule has 1 aliphatic heterocycles. The molecule has 124 valence electrons. The van der Waals surface area contributed by atoms with Crippen LogP contribution in [0.4, 0.5) is 5.69 Å². The number of hydrogen-bond donors (Lipinski definition) is 0. The number of amides is 1. The Kier molecular flexibility index (Phi) is 5.31. The van der Waals surface area contributed by atoms with Crippen molar-refractivity contribution < 1.29 is 19.2 Å². The van der Waals surface area contributed by atoms with Gasteiger partial charge in [-0.05, 0) is 24.3 Å². The van der Waals surface area contributed by atoms with Gasteiger partial charge in [-0.2, -0.15) is 0 Å². The number of para-hydroxylation sites is 1. The van der Waals surface area contributed by atoms with Gasteiger partial charge in [-0.1, -0.05) is 26.0 Å². The van der Waals surface area contributed by atoms with E-state index < -0.39 is 17.5 Å². The number of nitro groups is 1. The summed E-state index contributed by atoms with van der Waals surface area (Å²) in [5, 5.41) is 10.9. The molecule has 2 atom stereocenters. The molecule has 1 aliphatic rings. The molecule has 2 rings (SSSR count). The fraction of sp³-hybridized carbons (Fsp3) is 0.500. The number of benzene rings is 1. The van der Waals surface area contributed by atoms with Gasteiger partial charge in [-0.15, -0.1) is 0 Å². The molecule has 0 N–H and O–H groups in total. The minimum Gasteiger partial charge on any atom is -0.452 e. The summed E-state index contributed by atoms with van der Waals surface area (Å²) in [6.45, 7) is 5.05. The van der Waals surface area contributed by atoms with E-state index in [1.807, 2.05) is 0 Å². The Bertz CT molecular complexity index is 606. The number of rotatable bonds is 4. The summed E-state index contributed by atoms with van der Waals surface area (Å²) in [4.78, 5) is 36.1. The fourth-order valence-electron chi connectivity index (χ4n) is 2.97. The van der Waals surface area contributed by atoms with Crippen LogP contribution in [0.5, 0.6) is 0 Å². The average Bonchev–Trinajstić information content (AvgIpc) is 2.51. The molecule has 0 saturated carbocycles. The minimum absolute atomic E-state index is 0.148. The molecular weight excluding hydrogens is 300 g/mol. The van der Waals surface area contributed by atoms with Crippen LogP contribution in [-0.2, 0) is 9.53 Å². The zero-order valence-corrected chi connectivity index (χ0v) is 13.2. The van der Waals surface area contributed by atoms with E-state index in [2.05, 4.69) is 13.8 Å². The summed E-state index contributed by atoms with van der Waals surface area (Å²) in [6.07, 6.45) is 1.07. The Morgan fingerprint density at radius 3 is 2.48 bits per heavy atom. The highest BCUT2D eigenvalue weighted by atomic mass is 16.6. The highest BCUT2D eigenvalue weighted by Gasteiger charge is 2.27. The number of nitrogens with zero attached hydrogens (tertiary/aromatic N) is 2. The third-order valence-corrected chi connectivity index (χ3v) is 3.87. The van der Waals surface area contributed by atoms with Crippen LogP contribution >= 0.6 is 0 Å². The van der Waals surface area contributed by atoms with Gasteiger partial charge in [-0.3, -0.25) is 14.9 Å². The molecule has 23 heavy (non-hydrogen) atoms. The Morgan fingerprint density at radius 2 is 1.87 bits per heavy atom. The van der Waals surface area contributed by atoms with Crippen molar-refractivity contribution in [1.82, 2.24) is 4.90 Å². The first-order chi connectivity index (χ1) is 10.9. The monoisotopic (exact) mass is 320 g/mol. The van der Waals surface area contributed by atoms with Crippen molar-refractivity contribution in [1.29, 1.82) is 0 Å². The second-order valence-corrected chi connectivity index (χ2v) is 6.10. The predicted octanol–water partition coefficient (Wildman–Crippen LogP) is 2.26. The van der Waals surface area contributed by atoms with Gasteiger partial charge in [0.2, 0.25) is 0 Å². The molecule has 1 heterocycles. The van der Waals surface area contributed by atoms with E-state index >= 15 is 0 Å². The quantitative estimate of drug-likeness (QED) is 0.482. The topological polar surface area (TPSA) is 89.8 Å². The van der Waals surface area contributed by atoms with E-state index in [4.69, 9.17) is 4.74 Å². The number of carbonyl (C=O) groups excluding carboxylic acids is 2. The number of carbonyl (C=O) groups is 2. The third kappa shape index (κ3) is 4.28. The number of nitro benzene ring substituents is 1. The summed E-state index contributed by atoms with van der Waals surface area (Å²) in [7, 11) is 0. The number of hydrogen-bond acceptors (Lipinski definition) is 5. The molecule has 7 heteroatoms. The van der Waals surface area contributed by atoms with Crippen LogP contribution in [-0.4, -0.2) is 41.4 Å². The van der Waals surface area contributed by atoms with E-state index in [1.165, 1.54) is 24.3 Å². The average molecular weight is 320 g/mol. The normalized spacial score (nSPS) is 20.9. The van der Waals surface area contributed by atoms with Crippen LogP contribution in [0.2, 0.25) is 0 Å². The summed E-state index contributed by atoms with van der Waals surface area (Å²) in [5.74, 6) is -0.304. The molecule has 0 spiro atoms. The predicted molar refractivity (Wildman–Crippen MR) is 82.9 cm³/mol. The lowest BCUT2D eigenvalue weighted by Crippen LogP contribution is -2.44. The van der Waals surface area contributed by atoms with Gasteiger partial charge in [-0.25, -0.2) is 4.79 Å². The number of esters is 1. The first kappa shape index (κ1) is 16.9. The first-order valence-electron chi connectivity index (χ1n) is 7.56. The van der Waals surface area contributed by atoms with Gasteiger partial charge in [0.15, 0.2) is 6.61 Å². The van der Waals surface area contributed by atoms with Crippen LogP contribution in [0, 0.1) is 22.0 Å². The first-order valence-corrected chi connectivity index (χ1v) is 7.56. The maximum Gasteiger partial charge on any atom is 0.345 e. The molecule has 0 radical (unpaired) electrons. The number of piperidine rings is 1. The van der Waals surface area contributed by atoms with Crippen molar-refractivity contribution in [3.05, 3.63) is 39.9 Å². The van der Waals surface area contributed by atoms with Gasteiger partial charge in [0.1, 0.15) is 5.56 Å². The highest BCUT2D eigenvalue weighted by Crippen LogP contribution is 2.21. The summed E-state index contributed by atoms with van der Waals surface area (Å²) >= 11 is 0.